The predicted molar refractivity (Wildman–Crippen MR) is 91.5 cm³/mol. The smallest absolute Gasteiger partial charge is 0.339 e. The molecule has 3 N–H and O–H groups in total. The zero-order valence-corrected chi connectivity index (χ0v) is 13.3. The zero-order chi connectivity index (χ0) is 17.1. The van der Waals surface area contributed by atoms with Gasteiger partial charge in [-0.25, -0.2) is 10.2 Å². The minimum absolute atomic E-state index is 0.105. The third-order valence-electron chi connectivity index (χ3n) is 3.61. The lowest BCUT2D eigenvalue weighted by Gasteiger charge is -2.06. The van der Waals surface area contributed by atoms with Gasteiger partial charge in [-0.2, -0.15) is 0 Å². The SMILES string of the molecule is Cc1ccccc1NC(=O)N/N=c1\cc(C)c2ccc(O)cc2o1. The number of hydrogen-bond donors (Lipinski definition) is 3. The number of para-hydroxylation sites is 1. The lowest BCUT2D eigenvalue weighted by Crippen LogP contribution is -2.26. The number of urea groups is 1. The van der Waals surface area contributed by atoms with Crippen LogP contribution >= 0.6 is 0 Å². The first kappa shape index (κ1) is 15.6. The third-order valence-corrected chi connectivity index (χ3v) is 3.61. The van der Waals surface area contributed by atoms with E-state index in [1.54, 1.807) is 18.2 Å². The highest BCUT2D eigenvalue weighted by atomic mass is 16.3. The highest BCUT2D eigenvalue weighted by Gasteiger charge is 2.04. The van der Waals surface area contributed by atoms with Gasteiger partial charge in [-0.3, -0.25) is 0 Å². The van der Waals surface area contributed by atoms with Crippen LogP contribution in [0.25, 0.3) is 11.0 Å². The summed E-state index contributed by atoms with van der Waals surface area (Å²) in [6, 6.07) is 13.6. The number of carbonyl (C=O) groups is 1. The van der Waals surface area contributed by atoms with E-state index in [0.717, 1.165) is 16.5 Å². The molecule has 3 rings (SSSR count). The summed E-state index contributed by atoms with van der Waals surface area (Å²) in [4.78, 5) is 11.9. The number of fused-ring (bicyclic) bond motifs is 1. The molecular formula is C18H17N3O3. The quantitative estimate of drug-likeness (QED) is 0.632. The second-order valence-corrected chi connectivity index (χ2v) is 5.44. The Morgan fingerprint density at radius 2 is 1.88 bits per heavy atom. The van der Waals surface area contributed by atoms with Crippen molar-refractivity contribution in [1.82, 2.24) is 5.43 Å². The molecule has 0 atom stereocenters. The van der Waals surface area contributed by atoms with Crippen molar-refractivity contribution < 1.29 is 14.3 Å². The Morgan fingerprint density at radius 3 is 2.67 bits per heavy atom. The van der Waals surface area contributed by atoms with Crippen LogP contribution in [-0.2, 0) is 0 Å². The van der Waals surface area contributed by atoms with Crippen LogP contribution in [0.5, 0.6) is 5.75 Å². The summed E-state index contributed by atoms with van der Waals surface area (Å²) in [6.45, 7) is 3.81. The van der Waals surface area contributed by atoms with Crippen LogP contribution in [-0.4, -0.2) is 11.1 Å². The van der Waals surface area contributed by atoms with Crippen LogP contribution in [0.2, 0.25) is 0 Å². The maximum absolute atomic E-state index is 11.9. The minimum atomic E-state index is -0.465. The van der Waals surface area contributed by atoms with Crippen LogP contribution in [0, 0.1) is 13.8 Å². The van der Waals surface area contributed by atoms with Crippen molar-refractivity contribution in [3.63, 3.8) is 0 Å². The van der Waals surface area contributed by atoms with Crippen molar-refractivity contribution in [1.29, 1.82) is 0 Å². The highest BCUT2D eigenvalue weighted by Crippen LogP contribution is 2.20. The Hall–Kier alpha value is -3.28. The van der Waals surface area contributed by atoms with Crippen LogP contribution in [0.4, 0.5) is 10.5 Å². The van der Waals surface area contributed by atoms with Crippen molar-refractivity contribution in [2.24, 2.45) is 5.10 Å². The second kappa shape index (κ2) is 6.45. The van der Waals surface area contributed by atoms with E-state index in [1.807, 2.05) is 38.1 Å². The van der Waals surface area contributed by atoms with Crippen LogP contribution in [0.3, 0.4) is 0 Å². The molecule has 0 aliphatic heterocycles. The average molecular weight is 323 g/mol. The van der Waals surface area contributed by atoms with Gasteiger partial charge in [0.2, 0.25) is 5.55 Å². The summed E-state index contributed by atoms with van der Waals surface area (Å²) in [7, 11) is 0. The molecule has 0 radical (unpaired) electrons. The van der Waals surface area contributed by atoms with Crippen molar-refractivity contribution in [2.45, 2.75) is 13.8 Å². The summed E-state index contributed by atoms with van der Waals surface area (Å²) in [5.74, 6) is 0.105. The van der Waals surface area contributed by atoms with E-state index in [9.17, 15) is 9.90 Å². The second-order valence-electron chi connectivity index (χ2n) is 5.44. The fourth-order valence-electron chi connectivity index (χ4n) is 2.35. The molecule has 0 bridgehead atoms. The van der Waals surface area contributed by atoms with Crippen LogP contribution in [0.1, 0.15) is 11.1 Å². The number of anilines is 1. The average Bonchev–Trinajstić information content (AvgIpc) is 2.55. The van der Waals surface area contributed by atoms with E-state index in [0.29, 0.717) is 11.3 Å². The van der Waals surface area contributed by atoms with Gasteiger partial charge in [-0.15, -0.1) is 5.10 Å². The minimum Gasteiger partial charge on any atom is -0.508 e. The summed E-state index contributed by atoms with van der Waals surface area (Å²) < 4.78 is 5.58. The molecule has 0 spiro atoms. The first-order chi connectivity index (χ1) is 11.5. The molecule has 0 saturated heterocycles. The van der Waals surface area contributed by atoms with E-state index in [4.69, 9.17) is 4.42 Å². The van der Waals surface area contributed by atoms with E-state index in [-0.39, 0.29) is 11.3 Å². The Labute approximate surface area is 138 Å². The molecule has 122 valence electrons. The van der Waals surface area contributed by atoms with Crippen LogP contribution in [0.15, 0.2) is 58.0 Å². The molecule has 1 aromatic heterocycles. The molecule has 0 fully saturated rings. The molecule has 0 aliphatic rings. The lowest BCUT2D eigenvalue weighted by atomic mass is 10.1. The number of benzene rings is 2. The summed E-state index contributed by atoms with van der Waals surface area (Å²) in [5.41, 5.74) is 5.73. The van der Waals surface area contributed by atoms with Crippen LogP contribution < -0.4 is 16.3 Å². The molecule has 1 heterocycles. The molecule has 0 unspecified atom stereocenters. The Morgan fingerprint density at radius 1 is 1.08 bits per heavy atom. The molecule has 6 heteroatoms. The Balaban J connectivity index is 1.82. The van der Waals surface area contributed by atoms with Crippen molar-refractivity contribution in [3.8, 4) is 5.75 Å². The van der Waals surface area contributed by atoms with Gasteiger partial charge in [-0.05, 0) is 43.2 Å². The monoisotopic (exact) mass is 323 g/mol. The first-order valence-corrected chi connectivity index (χ1v) is 7.43. The number of amides is 2. The van der Waals surface area contributed by atoms with Gasteiger partial charge in [0.1, 0.15) is 11.3 Å². The normalized spacial score (nSPS) is 11.5. The maximum atomic E-state index is 11.9. The number of aryl methyl sites for hydroxylation is 2. The van der Waals surface area contributed by atoms with E-state index >= 15 is 0 Å². The fourth-order valence-corrected chi connectivity index (χ4v) is 2.35. The van der Waals surface area contributed by atoms with E-state index in [1.165, 1.54) is 6.07 Å². The lowest BCUT2D eigenvalue weighted by molar-refractivity contribution is 0.251. The molecule has 0 aliphatic carbocycles. The third kappa shape index (κ3) is 3.38. The molecular weight excluding hydrogens is 306 g/mol. The van der Waals surface area contributed by atoms with Gasteiger partial charge in [0, 0.05) is 23.2 Å². The zero-order valence-electron chi connectivity index (χ0n) is 13.3. The molecule has 6 nitrogen and oxygen atoms in total. The molecule has 2 aromatic carbocycles. The van der Waals surface area contributed by atoms with Gasteiger partial charge >= 0.3 is 6.03 Å². The predicted octanol–water partition coefficient (Wildman–Crippen LogP) is 3.39. The largest absolute Gasteiger partial charge is 0.508 e. The van der Waals surface area contributed by atoms with Crippen molar-refractivity contribution in [2.75, 3.05) is 5.32 Å². The van der Waals surface area contributed by atoms with Crippen molar-refractivity contribution in [3.05, 3.63) is 65.2 Å². The number of carbonyl (C=O) groups excluding carboxylic acids is 1. The molecule has 2 amide bonds. The highest BCUT2D eigenvalue weighted by molar-refractivity contribution is 5.89. The van der Waals surface area contributed by atoms with Gasteiger partial charge in [0.05, 0.1) is 0 Å². The fraction of sp³-hybridized carbons (Fsp3) is 0.111. The number of aromatic hydroxyl groups is 1. The number of rotatable bonds is 2. The Bertz CT molecular complexity index is 977. The summed E-state index contributed by atoms with van der Waals surface area (Å²) in [5, 5.41) is 17.1. The standard InChI is InChI=1S/C18H17N3O3/c1-11-5-3-4-6-15(11)19-18(23)21-20-17-9-12(2)14-8-7-13(22)10-16(14)24-17/h3-10,22H,1-2H3,(H2,19,21,23)/b20-17+. The van der Waals surface area contributed by atoms with Gasteiger partial charge < -0.3 is 14.8 Å². The molecule has 3 aromatic rings. The summed E-state index contributed by atoms with van der Waals surface area (Å²) >= 11 is 0. The first-order valence-electron chi connectivity index (χ1n) is 7.43. The number of phenolic OH excluding ortho intramolecular Hbond substituents is 1. The maximum Gasteiger partial charge on any atom is 0.339 e. The number of nitrogens with zero attached hydrogens (tertiary/aromatic N) is 1. The molecule has 0 saturated carbocycles. The summed E-state index contributed by atoms with van der Waals surface area (Å²) in [6.07, 6.45) is 0. The number of phenols is 1. The van der Waals surface area contributed by atoms with E-state index < -0.39 is 6.03 Å². The number of hydrogen-bond acceptors (Lipinski definition) is 4. The van der Waals surface area contributed by atoms with Gasteiger partial charge in [-0.1, -0.05) is 18.2 Å². The topological polar surface area (TPSA) is 86.9 Å². The van der Waals surface area contributed by atoms with Gasteiger partial charge in [0.15, 0.2) is 0 Å². The number of nitrogens with one attached hydrogen (secondary N) is 2. The van der Waals surface area contributed by atoms with Crippen molar-refractivity contribution >= 4 is 22.7 Å². The van der Waals surface area contributed by atoms with Gasteiger partial charge in [0.25, 0.3) is 0 Å². The molecule has 24 heavy (non-hydrogen) atoms. The van der Waals surface area contributed by atoms with E-state index in [2.05, 4.69) is 15.8 Å². The Kier molecular flexibility index (Phi) is 4.20.